The number of hydrogen-bond acceptors (Lipinski definition) is 22. The maximum atomic E-state index is 14.6. The van der Waals surface area contributed by atoms with E-state index in [1.54, 1.807) is 49.0 Å². The number of carboxylic acids is 1. The van der Waals surface area contributed by atoms with Gasteiger partial charge in [0.25, 0.3) is 0 Å². The zero-order valence-corrected chi connectivity index (χ0v) is 56.6. The minimum absolute atomic E-state index is 0.0195. The number of esters is 1. The number of thiazole rings is 1. The van der Waals surface area contributed by atoms with Crippen LogP contribution in [0.3, 0.4) is 0 Å². The second kappa shape index (κ2) is 38.8. The molecule has 0 radical (unpaired) electrons. The number of aromatic nitrogens is 4. The van der Waals surface area contributed by atoms with Crippen LogP contribution in [0.25, 0.3) is 15.4 Å². The van der Waals surface area contributed by atoms with Crippen LogP contribution in [0.15, 0.2) is 59.0 Å². The molecule has 1 fully saturated rings. The van der Waals surface area contributed by atoms with Gasteiger partial charge in [-0.05, 0) is 61.9 Å². The normalized spacial score (nSPS) is 15.6. The van der Waals surface area contributed by atoms with Crippen molar-refractivity contribution in [3.05, 3.63) is 104 Å². The molecule has 4 amide bonds. The standard InChI is InChI=1S/C61H83ClN10O14S2.C2HF3O2/c1-39-41(3)88-60-53(39)54(44-12-14-46(62)15-13-44)67-48(57-70-69-42(4)72(57)60)33-50(73)64-17-19-79-21-23-82-28-30-84-36-51(74)68-56(61(5,6)7)59(77)71-35-47(86-52(75)37-85-31-29-83-27-26-81-25-24-80-22-20-78-18-16-63)32-49(71)58(76)65-34-43-8-10-45(11-9-43)55-40(2)66-38-87-55;3-2(4,5)1(6)7/h8-15,38,47-49,56H,16-37,63H2,1-7H3,(H,64,73)(H,65,76)(H,68,74);(H,6,7)/t47-,48+,49+,56-;/m1./s1. The van der Waals surface area contributed by atoms with Crippen LogP contribution in [0, 0.1) is 33.1 Å². The van der Waals surface area contributed by atoms with Crippen LogP contribution >= 0.6 is 34.3 Å². The fourth-order valence-corrected chi connectivity index (χ4v) is 11.8. The molecule has 1 saturated heterocycles. The van der Waals surface area contributed by atoms with Crippen molar-refractivity contribution in [2.45, 2.75) is 98.3 Å². The fourth-order valence-electron chi connectivity index (χ4n) is 9.64. The number of likely N-dealkylation sites (tertiary alicyclic amines) is 1. The lowest BCUT2D eigenvalue weighted by Crippen LogP contribution is -2.58. The molecular formula is C63H84ClF3N10O16S2. The number of carbonyl (C=O) groups is 6. The smallest absolute Gasteiger partial charge is 0.475 e. The summed E-state index contributed by atoms with van der Waals surface area (Å²) >= 11 is 9.44. The van der Waals surface area contributed by atoms with Gasteiger partial charge in [0.2, 0.25) is 23.6 Å². The lowest BCUT2D eigenvalue weighted by Gasteiger charge is -2.35. The third kappa shape index (κ3) is 24.6. The summed E-state index contributed by atoms with van der Waals surface area (Å²) in [5, 5.41) is 26.3. The molecule has 0 unspecified atom stereocenters. The van der Waals surface area contributed by atoms with E-state index >= 15 is 0 Å². The Morgan fingerprint density at radius 1 is 0.737 bits per heavy atom. The maximum Gasteiger partial charge on any atom is 0.490 e. The van der Waals surface area contributed by atoms with Crippen molar-refractivity contribution >= 4 is 75.6 Å². The molecule has 0 bridgehead atoms. The molecular weight excluding hydrogens is 1310 g/mol. The van der Waals surface area contributed by atoms with Crippen LogP contribution in [0.1, 0.15) is 84.1 Å². The summed E-state index contributed by atoms with van der Waals surface area (Å²) in [7, 11) is 0. The first-order valence-corrected chi connectivity index (χ1v) is 32.8. The number of aliphatic carboxylic acids is 1. The third-order valence-electron chi connectivity index (χ3n) is 14.5. The van der Waals surface area contributed by atoms with Crippen LogP contribution in [-0.4, -0.2) is 221 Å². The highest BCUT2D eigenvalue weighted by molar-refractivity contribution is 7.15. The van der Waals surface area contributed by atoms with Gasteiger partial charge in [-0.15, -0.1) is 32.9 Å². The van der Waals surface area contributed by atoms with Crippen molar-refractivity contribution in [1.29, 1.82) is 0 Å². The molecule has 95 heavy (non-hydrogen) atoms. The van der Waals surface area contributed by atoms with E-state index in [-0.39, 0.29) is 97.8 Å². The molecule has 522 valence electrons. The highest BCUT2D eigenvalue weighted by atomic mass is 35.5. The Balaban J connectivity index is 0.00000193. The quantitative estimate of drug-likeness (QED) is 0.0231. The van der Waals surface area contributed by atoms with Crippen molar-refractivity contribution < 1.29 is 89.7 Å². The summed E-state index contributed by atoms with van der Waals surface area (Å²) in [6.45, 7) is 17.7. The van der Waals surface area contributed by atoms with Gasteiger partial charge in [-0.2, -0.15) is 13.2 Å². The number of rotatable bonds is 37. The average Bonchev–Trinajstić information content (AvgIpc) is 1.59. The molecule has 0 saturated carbocycles. The molecule has 4 atom stereocenters. The fraction of sp³-hybridized carbons (Fsp3) is 0.556. The molecule has 0 aliphatic carbocycles. The monoisotopic (exact) mass is 1390 g/mol. The van der Waals surface area contributed by atoms with E-state index in [9.17, 15) is 37.1 Å². The SMILES string of the molecule is Cc1ncsc1-c1ccc(CNC(=O)[C@@H]2C[C@@H](OC(=O)COCCOCCOCCOCCOCCN)CN2C(=O)[C@@H](NC(=O)COCCOCCOCCNC(=O)C[C@@H]2N=C(c3ccc(Cl)cc3)c3c(sc(C)c3C)-n3c(C)nnc32)C(C)(C)C)cc1.O=C(O)C(F)(F)F. The van der Waals surface area contributed by atoms with Gasteiger partial charge in [0.1, 0.15) is 48.3 Å². The number of hydrogen-bond donors (Lipinski definition) is 5. The van der Waals surface area contributed by atoms with Crippen LogP contribution in [0.4, 0.5) is 13.2 Å². The lowest BCUT2D eigenvalue weighted by molar-refractivity contribution is -0.192. The summed E-state index contributed by atoms with van der Waals surface area (Å²) in [5.41, 5.74) is 12.9. The highest BCUT2D eigenvalue weighted by Crippen LogP contribution is 2.40. The second-order valence-electron chi connectivity index (χ2n) is 22.7. The molecule has 7 rings (SSSR count). The van der Waals surface area contributed by atoms with E-state index in [2.05, 4.69) is 45.0 Å². The minimum atomic E-state index is -5.08. The number of halogens is 4. The molecule has 2 aliphatic heterocycles. The number of nitrogens with one attached hydrogen (secondary N) is 3. The molecule has 26 nitrogen and oxygen atoms in total. The molecule has 0 spiro atoms. The summed E-state index contributed by atoms with van der Waals surface area (Å²) < 4.78 is 83.7. The van der Waals surface area contributed by atoms with Crippen molar-refractivity contribution in [2.75, 3.05) is 125 Å². The molecule has 2 aliphatic rings. The van der Waals surface area contributed by atoms with E-state index in [1.807, 2.05) is 66.9 Å². The van der Waals surface area contributed by atoms with Crippen molar-refractivity contribution in [3.8, 4) is 15.4 Å². The van der Waals surface area contributed by atoms with Crippen LogP contribution in [-0.2, 0) is 77.9 Å². The number of nitrogens with two attached hydrogens (primary N) is 1. The lowest BCUT2D eigenvalue weighted by atomic mass is 9.85. The Hall–Kier alpha value is -6.88. The van der Waals surface area contributed by atoms with Crippen LogP contribution in [0.5, 0.6) is 0 Å². The predicted octanol–water partition coefficient (Wildman–Crippen LogP) is 5.82. The topological polar surface area (TPSA) is 327 Å². The van der Waals surface area contributed by atoms with Gasteiger partial charge in [-0.3, -0.25) is 28.7 Å². The summed E-state index contributed by atoms with van der Waals surface area (Å²) in [6.07, 6.45) is -5.86. The molecule has 32 heteroatoms. The summed E-state index contributed by atoms with van der Waals surface area (Å²) in [4.78, 5) is 90.4. The maximum absolute atomic E-state index is 14.6. The summed E-state index contributed by atoms with van der Waals surface area (Å²) in [5.74, 6) is -3.88. The third-order valence-corrected chi connectivity index (χ3v) is 16.9. The number of fused-ring (bicyclic) bond motifs is 3. The Morgan fingerprint density at radius 2 is 1.29 bits per heavy atom. The Kier molecular flexibility index (Phi) is 31.5. The number of nitrogens with zero attached hydrogens (tertiary/aromatic N) is 6. The second-order valence-corrected chi connectivity index (χ2v) is 25.2. The van der Waals surface area contributed by atoms with E-state index in [0.29, 0.717) is 69.5 Å². The Labute approximate surface area is 562 Å². The first kappa shape index (κ1) is 77.1. The molecule has 5 aromatic rings. The van der Waals surface area contributed by atoms with Crippen molar-refractivity contribution in [2.24, 2.45) is 16.1 Å². The summed E-state index contributed by atoms with van der Waals surface area (Å²) in [6, 6.07) is 12.6. The van der Waals surface area contributed by atoms with E-state index in [4.69, 9.17) is 74.9 Å². The van der Waals surface area contributed by atoms with Gasteiger partial charge in [0.05, 0.1) is 127 Å². The minimum Gasteiger partial charge on any atom is -0.475 e. The zero-order chi connectivity index (χ0) is 69.1. The number of amides is 4. The Morgan fingerprint density at radius 3 is 1.85 bits per heavy atom. The largest absolute Gasteiger partial charge is 0.490 e. The molecule has 2 aromatic carbocycles. The number of thiophene rings is 1. The van der Waals surface area contributed by atoms with Crippen molar-refractivity contribution in [1.82, 2.24) is 40.6 Å². The first-order chi connectivity index (χ1) is 45.4. The van der Waals surface area contributed by atoms with Gasteiger partial charge in [0.15, 0.2) is 5.82 Å². The van der Waals surface area contributed by atoms with Gasteiger partial charge in [-0.25, -0.2) is 14.6 Å². The van der Waals surface area contributed by atoms with E-state index < -0.39 is 65.5 Å². The highest BCUT2D eigenvalue weighted by Gasteiger charge is 2.46. The number of benzene rings is 2. The number of alkyl halides is 3. The number of carboxylic acid groups (broad SMARTS) is 1. The van der Waals surface area contributed by atoms with Gasteiger partial charge in [-0.1, -0.05) is 68.8 Å². The number of aliphatic imine (C=N–C) groups is 1. The molecule has 5 heterocycles. The zero-order valence-electron chi connectivity index (χ0n) is 54.2. The average molecular weight is 1390 g/mol. The van der Waals surface area contributed by atoms with Crippen LogP contribution < -0.4 is 21.7 Å². The number of aryl methyl sites for hydroxylation is 3. The number of carbonyl (C=O) groups excluding carboxylic acids is 5. The van der Waals surface area contributed by atoms with Crippen molar-refractivity contribution in [3.63, 3.8) is 0 Å². The van der Waals surface area contributed by atoms with E-state index in [1.165, 1.54) is 4.90 Å². The van der Waals surface area contributed by atoms with Gasteiger partial charge >= 0.3 is 18.1 Å². The Bertz CT molecular complexity index is 3310. The van der Waals surface area contributed by atoms with Gasteiger partial charge < -0.3 is 74.3 Å². The van der Waals surface area contributed by atoms with E-state index in [0.717, 1.165) is 54.0 Å². The predicted molar refractivity (Wildman–Crippen MR) is 346 cm³/mol. The van der Waals surface area contributed by atoms with Gasteiger partial charge in [0, 0.05) is 47.1 Å². The first-order valence-electron chi connectivity index (χ1n) is 30.7. The number of ether oxygens (including phenoxy) is 9. The molecule has 3 aromatic heterocycles. The molecule has 6 N–H and O–H groups in total. The van der Waals surface area contributed by atoms with Crippen LogP contribution in [0.2, 0.25) is 5.02 Å².